The van der Waals surface area contributed by atoms with Crippen molar-refractivity contribution in [3.05, 3.63) is 89.5 Å². The standard InChI is InChI=1S/C30H36N2O7S/c1-4-18-40(37,38)31-29(34)26-15-14-25(19-28(26)39-21(2)3)23-12-10-22(11-13-23)16-17-32(30(35)36)20-27(33)24-8-6-5-7-9-24/h5-15,19,21,27,33H,4,16-18,20H2,1-3H3,(H,31,34)(H,35,36)/t27-/m1/s1. The molecular formula is C30H36N2O7S. The molecule has 0 fully saturated rings. The van der Waals surface area contributed by atoms with Crippen LogP contribution in [0.5, 0.6) is 5.75 Å². The minimum absolute atomic E-state index is 0.0320. The van der Waals surface area contributed by atoms with Crippen molar-refractivity contribution in [2.45, 2.75) is 45.8 Å². The maximum absolute atomic E-state index is 12.7. The molecule has 3 N–H and O–H groups in total. The van der Waals surface area contributed by atoms with Crippen LogP contribution in [-0.4, -0.2) is 60.5 Å². The summed E-state index contributed by atoms with van der Waals surface area (Å²) in [5.74, 6) is -0.623. The third kappa shape index (κ3) is 8.82. The molecule has 3 rings (SSSR count). The van der Waals surface area contributed by atoms with Gasteiger partial charge in [-0.3, -0.25) is 4.79 Å². The van der Waals surface area contributed by atoms with Gasteiger partial charge >= 0.3 is 6.09 Å². The number of aliphatic hydroxyl groups excluding tert-OH is 1. The zero-order valence-corrected chi connectivity index (χ0v) is 23.7. The van der Waals surface area contributed by atoms with E-state index in [1.54, 1.807) is 49.4 Å². The Morgan fingerprint density at radius 3 is 2.23 bits per heavy atom. The number of amides is 2. The summed E-state index contributed by atoms with van der Waals surface area (Å²) in [5.41, 5.74) is 3.32. The number of nitrogens with one attached hydrogen (secondary N) is 1. The second-order valence-corrected chi connectivity index (χ2v) is 11.6. The van der Waals surface area contributed by atoms with Gasteiger partial charge in [-0.1, -0.05) is 67.6 Å². The van der Waals surface area contributed by atoms with Gasteiger partial charge in [0.15, 0.2) is 0 Å². The van der Waals surface area contributed by atoms with Crippen LogP contribution >= 0.6 is 0 Å². The van der Waals surface area contributed by atoms with Crippen LogP contribution in [0.25, 0.3) is 11.1 Å². The Kier molecular flexibility index (Phi) is 10.7. The molecule has 2 amide bonds. The molecule has 9 nitrogen and oxygen atoms in total. The molecule has 3 aromatic rings. The van der Waals surface area contributed by atoms with Gasteiger partial charge in [-0.2, -0.15) is 0 Å². The average Bonchev–Trinajstić information content (AvgIpc) is 2.90. The number of rotatable bonds is 13. The zero-order valence-electron chi connectivity index (χ0n) is 22.9. The van der Waals surface area contributed by atoms with E-state index in [0.717, 1.165) is 16.7 Å². The number of benzene rings is 3. The second kappa shape index (κ2) is 14.0. The van der Waals surface area contributed by atoms with E-state index in [9.17, 15) is 28.2 Å². The minimum atomic E-state index is -3.74. The number of hydrogen-bond donors (Lipinski definition) is 3. The molecule has 0 saturated heterocycles. The van der Waals surface area contributed by atoms with E-state index < -0.39 is 28.1 Å². The molecule has 0 aliphatic carbocycles. The largest absolute Gasteiger partial charge is 0.490 e. The highest BCUT2D eigenvalue weighted by atomic mass is 32.2. The molecule has 0 unspecified atom stereocenters. The molecule has 0 aromatic heterocycles. The molecule has 0 spiro atoms. The molecule has 0 aliphatic rings. The lowest BCUT2D eigenvalue weighted by molar-refractivity contribution is 0.0970. The number of nitrogens with zero attached hydrogens (tertiary/aromatic N) is 1. The van der Waals surface area contributed by atoms with Gasteiger partial charge < -0.3 is 19.8 Å². The van der Waals surface area contributed by atoms with Crippen molar-refractivity contribution >= 4 is 22.0 Å². The third-order valence-corrected chi connectivity index (χ3v) is 7.56. The second-order valence-electron chi connectivity index (χ2n) is 9.73. The first-order chi connectivity index (χ1) is 19.0. The van der Waals surface area contributed by atoms with E-state index >= 15 is 0 Å². The van der Waals surface area contributed by atoms with Crippen molar-refractivity contribution in [2.75, 3.05) is 18.8 Å². The highest BCUT2D eigenvalue weighted by molar-refractivity contribution is 7.90. The Morgan fingerprint density at radius 1 is 0.975 bits per heavy atom. The molecule has 214 valence electrons. The molecule has 0 bridgehead atoms. The van der Waals surface area contributed by atoms with Gasteiger partial charge in [-0.05, 0) is 61.1 Å². The predicted octanol–water partition coefficient (Wildman–Crippen LogP) is 4.87. The highest BCUT2D eigenvalue weighted by Gasteiger charge is 2.21. The lowest BCUT2D eigenvalue weighted by Gasteiger charge is -2.22. The summed E-state index contributed by atoms with van der Waals surface area (Å²) >= 11 is 0. The van der Waals surface area contributed by atoms with Crippen molar-refractivity contribution in [2.24, 2.45) is 0 Å². The van der Waals surface area contributed by atoms with Crippen LogP contribution in [0.15, 0.2) is 72.8 Å². The summed E-state index contributed by atoms with van der Waals surface area (Å²) in [6, 6.07) is 21.5. The Bertz CT molecular complexity index is 1390. The Balaban J connectivity index is 1.72. The number of aliphatic hydroxyl groups is 1. The van der Waals surface area contributed by atoms with Gasteiger partial charge in [0.05, 0.1) is 30.1 Å². The van der Waals surface area contributed by atoms with Crippen LogP contribution in [0.1, 0.15) is 54.8 Å². The summed E-state index contributed by atoms with van der Waals surface area (Å²) < 4.78 is 32.1. The first-order valence-corrected chi connectivity index (χ1v) is 14.8. The number of sulfonamides is 1. The lowest BCUT2D eigenvalue weighted by atomic mass is 10.0. The van der Waals surface area contributed by atoms with Gasteiger partial charge in [-0.15, -0.1) is 0 Å². The summed E-state index contributed by atoms with van der Waals surface area (Å²) in [4.78, 5) is 25.7. The van der Waals surface area contributed by atoms with Gasteiger partial charge in [-0.25, -0.2) is 17.9 Å². The Labute approximate surface area is 235 Å². The van der Waals surface area contributed by atoms with Gasteiger partial charge in [0, 0.05) is 6.54 Å². The lowest BCUT2D eigenvalue weighted by Crippen LogP contribution is -2.35. The predicted molar refractivity (Wildman–Crippen MR) is 154 cm³/mol. The first-order valence-electron chi connectivity index (χ1n) is 13.1. The SMILES string of the molecule is CCCS(=O)(=O)NC(=O)c1ccc(-c2ccc(CCN(C[C@@H](O)c3ccccc3)C(=O)O)cc2)cc1OC(C)C. The van der Waals surface area contributed by atoms with E-state index in [2.05, 4.69) is 4.72 Å². The smallest absolute Gasteiger partial charge is 0.407 e. The normalized spacial score (nSPS) is 12.1. The Morgan fingerprint density at radius 2 is 1.62 bits per heavy atom. The van der Waals surface area contributed by atoms with Crippen molar-refractivity contribution in [3.8, 4) is 16.9 Å². The topological polar surface area (TPSA) is 133 Å². The van der Waals surface area contributed by atoms with Crippen molar-refractivity contribution in [3.63, 3.8) is 0 Å². The van der Waals surface area contributed by atoms with Crippen molar-refractivity contribution in [1.29, 1.82) is 0 Å². The van der Waals surface area contributed by atoms with Gasteiger partial charge in [0.2, 0.25) is 10.0 Å². The number of carbonyl (C=O) groups excluding carboxylic acids is 1. The fourth-order valence-corrected chi connectivity index (χ4v) is 5.17. The molecule has 3 aromatic carbocycles. The van der Waals surface area contributed by atoms with Crippen molar-refractivity contribution in [1.82, 2.24) is 9.62 Å². The maximum atomic E-state index is 12.7. The number of hydrogen-bond acceptors (Lipinski definition) is 6. The fraction of sp³-hybridized carbons (Fsp3) is 0.333. The average molecular weight is 569 g/mol. The molecule has 0 heterocycles. The zero-order chi connectivity index (χ0) is 29.3. The molecule has 0 radical (unpaired) electrons. The number of carboxylic acid groups (broad SMARTS) is 1. The molecular weight excluding hydrogens is 532 g/mol. The summed E-state index contributed by atoms with van der Waals surface area (Å²) in [5, 5.41) is 20.1. The molecule has 40 heavy (non-hydrogen) atoms. The van der Waals surface area contributed by atoms with Gasteiger partial charge in [0.25, 0.3) is 5.91 Å². The van der Waals surface area contributed by atoms with E-state index in [1.807, 2.05) is 44.2 Å². The van der Waals surface area contributed by atoms with Gasteiger partial charge in [0.1, 0.15) is 5.75 Å². The third-order valence-electron chi connectivity index (χ3n) is 6.12. The van der Waals surface area contributed by atoms with Crippen LogP contribution < -0.4 is 9.46 Å². The number of carbonyl (C=O) groups is 2. The summed E-state index contributed by atoms with van der Waals surface area (Å²) in [6.45, 7) is 5.54. The van der Waals surface area contributed by atoms with E-state index in [0.29, 0.717) is 18.4 Å². The highest BCUT2D eigenvalue weighted by Crippen LogP contribution is 2.29. The molecule has 0 aliphatic heterocycles. The van der Waals surface area contributed by atoms with E-state index in [1.165, 1.54) is 4.90 Å². The van der Waals surface area contributed by atoms with Crippen LogP contribution in [0.4, 0.5) is 4.79 Å². The van der Waals surface area contributed by atoms with Crippen LogP contribution in [-0.2, 0) is 16.4 Å². The molecule has 1 atom stereocenters. The van der Waals surface area contributed by atoms with Crippen molar-refractivity contribution < 1.29 is 33.0 Å². The van der Waals surface area contributed by atoms with Crippen LogP contribution in [0.3, 0.4) is 0 Å². The quantitative estimate of drug-likeness (QED) is 0.268. The fourth-order valence-electron chi connectivity index (χ4n) is 4.14. The first kappa shape index (κ1) is 30.6. The summed E-state index contributed by atoms with van der Waals surface area (Å²) in [6.07, 6.45) is -1.42. The van der Waals surface area contributed by atoms with Crippen LogP contribution in [0.2, 0.25) is 0 Å². The van der Waals surface area contributed by atoms with E-state index in [4.69, 9.17) is 4.74 Å². The Hall–Kier alpha value is -3.89. The van der Waals surface area contributed by atoms with Crippen LogP contribution in [0, 0.1) is 0 Å². The molecule has 10 heteroatoms. The molecule has 0 saturated carbocycles. The monoisotopic (exact) mass is 568 g/mol. The summed E-state index contributed by atoms with van der Waals surface area (Å²) in [7, 11) is -3.74. The van der Waals surface area contributed by atoms with E-state index in [-0.39, 0.29) is 36.3 Å². The maximum Gasteiger partial charge on any atom is 0.407 e. The minimum Gasteiger partial charge on any atom is -0.490 e. The number of ether oxygens (including phenoxy) is 1.